The maximum absolute atomic E-state index is 12.4. The number of fused-ring (bicyclic) bond motifs is 2. The highest BCUT2D eigenvalue weighted by atomic mass is 35.5. The minimum atomic E-state index is -0.230. The second kappa shape index (κ2) is 7.32. The first-order valence-electron chi connectivity index (χ1n) is 9.55. The lowest BCUT2D eigenvalue weighted by atomic mass is 10.1. The standard InChI is InChI=1S/C25H17ClN2O2/c1-15-21(26)14-13-20-23(15)28-25(29)24(20)27-17-9-11-18(12-10-17)30-22-8-4-6-16-5-2-3-7-19(16)22/h2-14H,1H3,(H,27,28,29). The molecule has 0 radical (unpaired) electrons. The first-order chi connectivity index (χ1) is 14.6. The maximum Gasteiger partial charge on any atom is 0.275 e. The van der Waals surface area contributed by atoms with Crippen LogP contribution in [0.2, 0.25) is 5.02 Å². The molecule has 0 atom stereocenters. The molecule has 146 valence electrons. The van der Waals surface area contributed by atoms with Gasteiger partial charge in [-0.3, -0.25) is 4.79 Å². The molecule has 4 nitrogen and oxygen atoms in total. The molecule has 1 N–H and O–H groups in total. The summed E-state index contributed by atoms with van der Waals surface area (Å²) in [4.78, 5) is 17.0. The van der Waals surface area contributed by atoms with Crippen LogP contribution in [0.3, 0.4) is 0 Å². The van der Waals surface area contributed by atoms with Crippen molar-refractivity contribution in [1.29, 1.82) is 0 Å². The van der Waals surface area contributed by atoms with Crippen molar-refractivity contribution in [2.45, 2.75) is 6.92 Å². The summed E-state index contributed by atoms with van der Waals surface area (Å²) in [5.74, 6) is 1.27. The minimum absolute atomic E-state index is 0.230. The van der Waals surface area contributed by atoms with Gasteiger partial charge in [0.2, 0.25) is 0 Å². The Morgan fingerprint density at radius 1 is 0.900 bits per heavy atom. The number of carbonyl (C=O) groups excluding carboxylic acids is 1. The largest absolute Gasteiger partial charge is 0.457 e. The van der Waals surface area contributed by atoms with E-state index in [9.17, 15) is 4.79 Å². The topological polar surface area (TPSA) is 50.7 Å². The van der Waals surface area contributed by atoms with Gasteiger partial charge in [0.25, 0.3) is 5.91 Å². The number of aliphatic imine (C=N–C) groups is 1. The number of ether oxygens (including phenoxy) is 1. The van der Waals surface area contributed by atoms with Gasteiger partial charge in [0.15, 0.2) is 0 Å². The second-order valence-corrected chi connectivity index (χ2v) is 7.49. The zero-order valence-corrected chi connectivity index (χ0v) is 16.9. The molecule has 1 aliphatic heterocycles. The Morgan fingerprint density at radius 2 is 1.67 bits per heavy atom. The van der Waals surface area contributed by atoms with E-state index in [0.29, 0.717) is 22.2 Å². The molecule has 0 saturated carbocycles. The Hall–Kier alpha value is -3.63. The molecular weight excluding hydrogens is 396 g/mol. The van der Waals surface area contributed by atoms with Crippen LogP contribution in [0.4, 0.5) is 11.4 Å². The number of carbonyl (C=O) groups is 1. The van der Waals surface area contributed by atoms with Gasteiger partial charge in [-0.05, 0) is 60.3 Å². The van der Waals surface area contributed by atoms with Gasteiger partial charge < -0.3 is 10.1 Å². The summed E-state index contributed by atoms with van der Waals surface area (Å²) in [7, 11) is 0. The molecule has 0 fully saturated rings. The van der Waals surface area contributed by atoms with E-state index in [1.807, 2.05) is 67.6 Å². The summed E-state index contributed by atoms with van der Waals surface area (Å²) in [6.45, 7) is 1.88. The van der Waals surface area contributed by atoms with Crippen LogP contribution in [0.1, 0.15) is 11.1 Å². The van der Waals surface area contributed by atoms with Gasteiger partial charge in [-0.25, -0.2) is 4.99 Å². The van der Waals surface area contributed by atoms with Crippen LogP contribution in [0.15, 0.2) is 83.9 Å². The summed E-state index contributed by atoms with van der Waals surface area (Å²) >= 11 is 6.16. The van der Waals surface area contributed by atoms with E-state index in [1.54, 1.807) is 6.07 Å². The van der Waals surface area contributed by atoms with Crippen LogP contribution in [-0.2, 0) is 4.79 Å². The smallest absolute Gasteiger partial charge is 0.275 e. The van der Waals surface area contributed by atoms with Crippen molar-refractivity contribution in [3.63, 3.8) is 0 Å². The lowest BCUT2D eigenvalue weighted by Gasteiger charge is -2.09. The van der Waals surface area contributed by atoms with Crippen LogP contribution in [-0.4, -0.2) is 11.6 Å². The second-order valence-electron chi connectivity index (χ2n) is 7.08. The SMILES string of the molecule is Cc1c(Cl)ccc2c1NC(=O)C2=Nc1ccc(Oc2cccc3ccccc23)cc1. The van der Waals surface area contributed by atoms with Gasteiger partial charge in [0, 0.05) is 16.0 Å². The fraction of sp³-hybridized carbons (Fsp3) is 0.0400. The van der Waals surface area contributed by atoms with Crippen molar-refractivity contribution in [2.75, 3.05) is 5.32 Å². The fourth-order valence-corrected chi connectivity index (χ4v) is 3.74. The third-order valence-electron chi connectivity index (χ3n) is 5.16. The Labute approximate surface area is 178 Å². The van der Waals surface area contributed by atoms with Crippen molar-refractivity contribution < 1.29 is 9.53 Å². The zero-order chi connectivity index (χ0) is 20.7. The third kappa shape index (κ3) is 3.21. The average Bonchev–Trinajstić information content (AvgIpc) is 3.08. The molecule has 1 heterocycles. The van der Waals surface area contributed by atoms with Gasteiger partial charge >= 0.3 is 0 Å². The minimum Gasteiger partial charge on any atom is -0.457 e. The van der Waals surface area contributed by atoms with Crippen LogP contribution >= 0.6 is 11.6 Å². The van der Waals surface area contributed by atoms with Crippen LogP contribution in [0.5, 0.6) is 11.5 Å². The molecule has 0 spiro atoms. The maximum atomic E-state index is 12.4. The molecule has 1 aliphatic rings. The van der Waals surface area contributed by atoms with Gasteiger partial charge in [-0.15, -0.1) is 0 Å². The van der Waals surface area contributed by atoms with E-state index in [0.717, 1.165) is 33.3 Å². The molecule has 5 rings (SSSR count). The highest BCUT2D eigenvalue weighted by Gasteiger charge is 2.28. The lowest BCUT2D eigenvalue weighted by Crippen LogP contribution is -2.13. The summed E-state index contributed by atoms with van der Waals surface area (Å²) < 4.78 is 6.08. The molecule has 5 heteroatoms. The van der Waals surface area contributed by atoms with Crippen molar-refractivity contribution in [3.05, 3.63) is 95.0 Å². The number of anilines is 1. The molecule has 4 aromatic rings. The zero-order valence-electron chi connectivity index (χ0n) is 16.1. The number of nitrogens with zero attached hydrogens (tertiary/aromatic N) is 1. The molecule has 0 unspecified atom stereocenters. The van der Waals surface area contributed by atoms with Crippen LogP contribution < -0.4 is 10.1 Å². The van der Waals surface area contributed by atoms with E-state index in [4.69, 9.17) is 16.3 Å². The molecule has 1 amide bonds. The Kier molecular flexibility index (Phi) is 4.49. The van der Waals surface area contributed by atoms with Crippen molar-refractivity contribution in [3.8, 4) is 11.5 Å². The molecule has 0 bridgehead atoms. The number of rotatable bonds is 3. The lowest BCUT2D eigenvalue weighted by molar-refractivity contribution is -0.110. The number of nitrogens with one attached hydrogen (secondary N) is 1. The van der Waals surface area contributed by atoms with Crippen molar-refractivity contribution in [2.24, 2.45) is 4.99 Å². The van der Waals surface area contributed by atoms with Crippen molar-refractivity contribution >= 4 is 45.4 Å². The number of amides is 1. The number of hydrogen-bond donors (Lipinski definition) is 1. The first-order valence-corrected chi connectivity index (χ1v) is 9.93. The quantitative estimate of drug-likeness (QED) is 0.408. The number of hydrogen-bond acceptors (Lipinski definition) is 3. The Bertz CT molecular complexity index is 1320. The normalized spacial score (nSPS) is 14.1. The molecule has 4 aromatic carbocycles. The van der Waals surface area contributed by atoms with Gasteiger partial charge in [-0.2, -0.15) is 0 Å². The summed E-state index contributed by atoms with van der Waals surface area (Å²) in [6, 6.07) is 25.0. The predicted molar refractivity (Wildman–Crippen MR) is 121 cm³/mol. The Balaban J connectivity index is 1.44. The van der Waals surface area contributed by atoms with E-state index >= 15 is 0 Å². The van der Waals surface area contributed by atoms with Gasteiger partial charge in [0.05, 0.1) is 11.4 Å². The van der Waals surface area contributed by atoms with Gasteiger partial charge in [-0.1, -0.05) is 48.0 Å². The van der Waals surface area contributed by atoms with E-state index in [1.165, 1.54) is 0 Å². The molecule has 0 aliphatic carbocycles. The highest BCUT2D eigenvalue weighted by Crippen LogP contribution is 2.34. The van der Waals surface area contributed by atoms with E-state index in [-0.39, 0.29) is 5.91 Å². The van der Waals surface area contributed by atoms with E-state index < -0.39 is 0 Å². The first kappa shape index (κ1) is 18.4. The number of halogens is 1. The monoisotopic (exact) mass is 412 g/mol. The summed E-state index contributed by atoms with van der Waals surface area (Å²) in [5, 5.41) is 5.65. The fourth-order valence-electron chi connectivity index (χ4n) is 3.58. The summed E-state index contributed by atoms with van der Waals surface area (Å²) in [6.07, 6.45) is 0. The molecular formula is C25H17ClN2O2. The van der Waals surface area contributed by atoms with Gasteiger partial charge in [0.1, 0.15) is 17.2 Å². The average molecular weight is 413 g/mol. The molecule has 0 aromatic heterocycles. The van der Waals surface area contributed by atoms with Crippen LogP contribution in [0.25, 0.3) is 10.8 Å². The van der Waals surface area contributed by atoms with Crippen LogP contribution in [0, 0.1) is 6.92 Å². The summed E-state index contributed by atoms with van der Waals surface area (Å²) in [5.41, 5.74) is 3.38. The molecule has 30 heavy (non-hydrogen) atoms. The predicted octanol–water partition coefficient (Wildman–Crippen LogP) is 6.67. The van der Waals surface area contributed by atoms with E-state index in [2.05, 4.69) is 22.4 Å². The number of benzene rings is 4. The highest BCUT2D eigenvalue weighted by molar-refractivity contribution is 6.54. The van der Waals surface area contributed by atoms with Crippen molar-refractivity contribution in [1.82, 2.24) is 0 Å². The Morgan fingerprint density at radius 3 is 2.50 bits per heavy atom. The molecule has 0 saturated heterocycles. The third-order valence-corrected chi connectivity index (χ3v) is 5.57.